The van der Waals surface area contributed by atoms with Gasteiger partial charge < -0.3 is 10.2 Å². The molecule has 106 valence electrons. The summed E-state index contributed by atoms with van der Waals surface area (Å²) in [6, 6.07) is 8.41. The van der Waals surface area contributed by atoms with E-state index >= 15 is 0 Å². The van der Waals surface area contributed by atoms with Gasteiger partial charge in [-0.3, -0.25) is 4.79 Å². The van der Waals surface area contributed by atoms with Crippen molar-refractivity contribution in [2.45, 2.75) is 25.8 Å². The number of hydrogen-bond acceptors (Lipinski definition) is 2. The number of amides is 1. The highest BCUT2D eigenvalue weighted by molar-refractivity contribution is 9.10. The molecule has 1 heterocycles. The van der Waals surface area contributed by atoms with Gasteiger partial charge in [-0.25, -0.2) is 0 Å². The molecule has 0 aromatic heterocycles. The zero-order valence-corrected chi connectivity index (χ0v) is 13.5. The van der Waals surface area contributed by atoms with Gasteiger partial charge in [-0.2, -0.15) is 0 Å². The van der Waals surface area contributed by atoms with Crippen molar-refractivity contribution in [3.63, 3.8) is 0 Å². The summed E-state index contributed by atoms with van der Waals surface area (Å²) in [5.74, 6) is 0.264. The summed E-state index contributed by atoms with van der Waals surface area (Å²) in [6.45, 7) is 4.74. The van der Waals surface area contributed by atoms with Gasteiger partial charge in [-0.05, 0) is 25.0 Å². The van der Waals surface area contributed by atoms with E-state index in [9.17, 15) is 4.79 Å². The van der Waals surface area contributed by atoms with E-state index in [1.54, 1.807) is 0 Å². The Labute approximate surface area is 129 Å². The molecule has 19 heavy (non-hydrogen) atoms. The Morgan fingerprint density at radius 1 is 1.47 bits per heavy atom. The lowest BCUT2D eigenvalue weighted by Crippen LogP contribution is -2.52. The molecule has 0 radical (unpaired) electrons. The molecule has 3 nitrogen and oxygen atoms in total. The summed E-state index contributed by atoms with van der Waals surface area (Å²) in [5, 5.41) is 3.30. The molecule has 1 fully saturated rings. The highest BCUT2D eigenvalue weighted by atomic mass is 79.9. The van der Waals surface area contributed by atoms with E-state index in [2.05, 4.69) is 34.2 Å². The smallest absolute Gasteiger partial charge is 0.223 e. The van der Waals surface area contributed by atoms with E-state index in [1.807, 2.05) is 23.1 Å². The van der Waals surface area contributed by atoms with E-state index in [0.29, 0.717) is 12.5 Å². The molecule has 0 spiro atoms. The van der Waals surface area contributed by atoms with Crippen molar-refractivity contribution in [2.75, 3.05) is 19.6 Å². The van der Waals surface area contributed by atoms with E-state index in [0.717, 1.165) is 30.5 Å². The number of hydrogen-bond donors (Lipinski definition) is 1. The second-order valence-corrected chi connectivity index (χ2v) is 5.59. The van der Waals surface area contributed by atoms with Gasteiger partial charge in [0.1, 0.15) is 0 Å². The Balaban J connectivity index is 0.00000180. The number of piperazine rings is 1. The molecule has 1 saturated heterocycles. The number of nitrogens with one attached hydrogen (secondary N) is 1. The fourth-order valence-corrected chi connectivity index (χ4v) is 2.78. The third-order valence-electron chi connectivity index (χ3n) is 3.39. The minimum atomic E-state index is 0. The highest BCUT2D eigenvalue weighted by Crippen LogP contribution is 2.18. The maximum absolute atomic E-state index is 12.2. The third-order valence-corrected chi connectivity index (χ3v) is 4.16. The number of carbonyl (C=O) groups is 1. The Morgan fingerprint density at radius 3 is 2.89 bits per heavy atom. The first-order chi connectivity index (χ1) is 8.68. The number of carbonyl (C=O) groups excluding carboxylic acids is 1. The maximum Gasteiger partial charge on any atom is 0.223 e. The number of aryl methyl sites for hydroxylation is 1. The molecule has 1 aliphatic heterocycles. The first kappa shape index (κ1) is 16.5. The zero-order valence-electron chi connectivity index (χ0n) is 11.1. The summed E-state index contributed by atoms with van der Waals surface area (Å²) in [4.78, 5) is 14.2. The molecule has 5 heteroatoms. The van der Waals surface area contributed by atoms with Crippen LogP contribution in [0.4, 0.5) is 0 Å². The van der Waals surface area contributed by atoms with Crippen molar-refractivity contribution < 1.29 is 4.79 Å². The van der Waals surface area contributed by atoms with E-state index in [-0.39, 0.29) is 18.3 Å². The molecular weight excluding hydrogens is 328 g/mol. The van der Waals surface area contributed by atoms with Gasteiger partial charge in [-0.1, -0.05) is 34.1 Å². The van der Waals surface area contributed by atoms with E-state index in [4.69, 9.17) is 0 Å². The topological polar surface area (TPSA) is 32.3 Å². The van der Waals surface area contributed by atoms with Crippen LogP contribution in [0.15, 0.2) is 28.7 Å². The lowest BCUT2D eigenvalue weighted by molar-refractivity contribution is -0.133. The fourth-order valence-electron chi connectivity index (χ4n) is 2.30. The predicted molar refractivity (Wildman–Crippen MR) is 83.8 cm³/mol. The lowest BCUT2D eigenvalue weighted by Gasteiger charge is -2.34. The molecule has 1 N–H and O–H groups in total. The molecule has 2 rings (SSSR count). The van der Waals surface area contributed by atoms with Crippen molar-refractivity contribution in [2.24, 2.45) is 0 Å². The number of halogens is 2. The molecule has 0 unspecified atom stereocenters. The summed E-state index contributed by atoms with van der Waals surface area (Å²) in [6.07, 6.45) is 1.39. The van der Waals surface area contributed by atoms with Crippen LogP contribution in [0.1, 0.15) is 18.9 Å². The molecule has 0 bridgehead atoms. The van der Waals surface area contributed by atoms with Crippen LogP contribution in [-0.2, 0) is 11.2 Å². The lowest BCUT2D eigenvalue weighted by atomic mass is 10.1. The number of benzene rings is 1. The number of nitrogens with zero attached hydrogens (tertiary/aromatic N) is 1. The van der Waals surface area contributed by atoms with Crippen LogP contribution < -0.4 is 5.32 Å². The van der Waals surface area contributed by atoms with Gasteiger partial charge in [-0.15, -0.1) is 12.4 Å². The SMILES string of the molecule is C[C@H]1CNCCN1C(=O)CCc1ccccc1Br.Cl. The molecule has 1 aromatic carbocycles. The van der Waals surface area contributed by atoms with Gasteiger partial charge in [0, 0.05) is 36.6 Å². The molecule has 0 saturated carbocycles. The van der Waals surface area contributed by atoms with Crippen LogP contribution >= 0.6 is 28.3 Å². The average Bonchev–Trinajstić information content (AvgIpc) is 2.38. The van der Waals surface area contributed by atoms with Crippen LogP contribution in [0.3, 0.4) is 0 Å². The maximum atomic E-state index is 12.2. The summed E-state index contributed by atoms with van der Waals surface area (Å²) in [5.41, 5.74) is 1.20. The first-order valence-electron chi connectivity index (χ1n) is 6.42. The summed E-state index contributed by atoms with van der Waals surface area (Å²) in [7, 11) is 0. The minimum Gasteiger partial charge on any atom is -0.337 e. The van der Waals surface area contributed by atoms with Crippen molar-refractivity contribution >= 4 is 34.2 Å². The van der Waals surface area contributed by atoms with Crippen LogP contribution in [0.5, 0.6) is 0 Å². The van der Waals surface area contributed by atoms with Gasteiger partial charge in [0.2, 0.25) is 5.91 Å². The first-order valence-corrected chi connectivity index (χ1v) is 7.21. The summed E-state index contributed by atoms with van der Waals surface area (Å²) < 4.78 is 1.09. The quantitative estimate of drug-likeness (QED) is 0.911. The van der Waals surface area contributed by atoms with Crippen LogP contribution in [0, 0.1) is 0 Å². The van der Waals surface area contributed by atoms with Crippen molar-refractivity contribution in [1.29, 1.82) is 0 Å². The van der Waals surface area contributed by atoms with Crippen LogP contribution in [0.2, 0.25) is 0 Å². The Kier molecular flexibility index (Phi) is 6.83. The molecule has 1 aliphatic rings. The predicted octanol–water partition coefficient (Wildman–Crippen LogP) is 2.62. The largest absolute Gasteiger partial charge is 0.337 e. The third kappa shape index (κ3) is 4.48. The Hall–Kier alpha value is -0.580. The van der Waals surface area contributed by atoms with Gasteiger partial charge in [0.05, 0.1) is 0 Å². The molecule has 1 atom stereocenters. The second kappa shape index (κ2) is 7.88. The van der Waals surface area contributed by atoms with Gasteiger partial charge in [0.25, 0.3) is 0 Å². The van der Waals surface area contributed by atoms with Crippen LogP contribution in [-0.4, -0.2) is 36.5 Å². The van der Waals surface area contributed by atoms with Gasteiger partial charge >= 0.3 is 0 Å². The van der Waals surface area contributed by atoms with Crippen molar-refractivity contribution in [3.05, 3.63) is 34.3 Å². The minimum absolute atomic E-state index is 0. The van der Waals surface area contributed by atoms with Crippen molar-refractivity contribution in [3.8, 4) is 0 Å². The molecular formula is C14H20BrClN2O. The average molecular weight is 348 g/mol. The Morgan fingerprint density at radius 2 is 2.21 bits per heavy atom. The Bertz CT molecular complexity index is 428. The summed E-state index contributed by atoms with van der Waals surface area (Å²) >= 11 is 3.52. The standard InChI is InChI=1S/C14H19BrN2O.ClH/c1-11-10-16-8-9-17(11)14(18)7-6-12-4-2-3-5-13(12)15;/h2-5,11,16H,6-10H2,1H3;1H/t11-;/m0./s1. The molecule has 1 aromatic rings. The van der Waals surface area contributed by atoms with Gasteiger partial charge in [0.15, 0.2) is 0 Å². The fraction of sp³-hybridized carbons (Fsp3) is 0.500. The number of rotatable bonds is 3. The molecule has 1 amide bonds. The molecule has 0 aliphatic carbocycles. The monoisotopic (exact) mass is 346 g/mol. The van der Waals surface area contributed by atoms with E-state index < -0.39 is 0 Å². The highest BCUT2D eigenvalue weighted by Gasteiger charge is 2.22. The van der Waals surface area contributed by atoms with Crippen LogP contribution in [0.25, 0.3) is 0 Å². The normalized spacial score (nSPS) is 18.8. The van der Waals surface area contributed by atoms with E-state index in [1.165, 1.54) is 5.56 Å². The second-order valence-electron chi connectivity index (χ2n) is 4.73. The zero-order chi connectivity index (χ0) is 13.0. The van der Waals surface area contributed by atoms with Crippen molar-refractivity contribution in [1.82, 2.24) is 10.2 Å².